The van der Waals surface area contributed by atoms with Crippen LogP contribution < -0.4 is 0 Å². The van der Waals surface area contributed by atoms with Crippen molar-refractivity contribution in [3.05, 3.63) is 170 Å². The SMILES string of the molecule is CC/C=C\C/C=C\C/C=C\C/C=C\C/C=C\CCCCCCCCCCCCCCCC(=O)OCC(COC(=O)C/C=C\C/C=C\C/C=C\C/C=C\C/C=C\CC)OC(=O)CCCCCCCC/C=C\C/C=C\C/C=C\C/C=C\CC. The molecule has 0 rings (SSSR count). The molecule has 1 atom stereocenters. The third kappa shape index (κ3) is 65.5. The molecule has 454 valence electrons. The summed E-state index contributed by atoms with van der Waals surface area (Å²) in [6.07, 6.45) is 99.6. The first-order valence-electron chi connectivity index (χ1n) is 32.6. The summed E-state index contributed by atoms with van der Waals surface area (Å²) in [6.45, 7) is 6.20. The van der Waals surface area contributed by atoms with Gasteiger partial charge in [-0.2, -0.15) is 0 Å². The molecule has 0 aromatic rings. The van der Waals surface area contributed by atoms with Gasteiger partial charge in [0.1, 0.15) is 13.2 Å². The van der Waals surface area contributed by atoms with Gasteiger partial charge in [0.05, 0.1) is 6.42 Å². The third-order valence-electron chi connectivity index (χ3n) is 13.2. The summed E-state index contributed by atoms with van der Waals surface area (Å²) in [5.41, 5.74) is 0. The van der Waals surface area contributed by atoms with Crippen molar-refractivity contribution in [3.63, 3.8) is 0 Å². The molecule has 0 bridgehead atoms. The highest BCUT2D eigenvalue weighted by Gasteiger charge is 2.19. The summed E-state index contributed by atoms with van der Waals surface area (Å²) >= 11 is 0. The zero-order chi connectivity index (χ0) is 58.5. The average molecular weight is 1120 g/mol. The fraction of sp³-hybridized carbons (Fsp3) is 0.587. The zero-order valence-electron chi connectivity index (χ0n) is 52.0. The topological polar surface area (TPSA) is 78.9 Å². The molecule has 0 radical (unpaired) electrons. The average Bonchev–Trinajstić information content (AvgIpc) is 3.47. The van der Waals surface area contributed by atoms with Crippen LogP contribution in [0.3, 0.4) is 0 Å². The maximum Gasteiger partial charge on any atom is 0.309 e. The number of hydrogen-bond donors (Lipinski definition) is 0. The molecule has 0 aliphatic heterocycles. The first kappa shape index (κ1) is 75.8. The summed E-state index contributed by atoms with van der Waals surface area (Å²) in [5, 5.41) is 0. The number of carbonyl (C=O) groups is 3. The van der Waals surface area contributed by atoms with E-state index in [2.05, 4.69) is 179 Å². The van der Waals surface area contributed by atoms with Crippen molar-refractivity contribution in [2.24, 2.45) is 0 Å². The van der Waals surface area contributed by atoms with E-state index in [1.54, 1.807) is 6.08 Å². The first-order chi connectivity index (χ1) is 40.0. The summed E-state index contributed by atoms with van der Waals surface area (Å²) in [6, 6.07) is 0. The Hall–Kier alpha value is -5.23. The van der Waals surface area contributed by atoms with Gasteiger partial charge in [-0.25, -0.2) is 0 Å². The van der Waals surface area contributed by atoms with Gasteiger partial charge in [0.25, 0.3) is 0 Å². The Kier molecular flexibility index (Phi) is 62.9. The minimum Gasteiger partial charge on any atom is -0.462 e. The molecule has 0 heterocycles. The number of rotatable bonds is 57. The number of ether oxygens (including phenoxy) is 3. The Balaban J connectivity index is 4.41. The van der Waals surface area contributed by atoms with Crippen LogP contribution in [0.4, 0.5) is 0 Å². The van der Waals surface area contributed by atoms with Gasteiger partial charge in [-0.3, -0.25) is 14.4 Å². The van der Waals surface area contributed by atoms with Crippen LogP contribution in [0, 0.1) is 0 Å². The van der Waals surface area contributed by atoms with E-state index >= 15 is 0 Å². The van der Waals surface area contributed by atoms with Gasteiger partial charge < -0.3 is 14.2 Å². The summed E-state index contributed by atoms with van der Waals surface area (Å²) in [7, 11) is 0. The van der Waals surface area contributed by atoms with Gasteiger partial charge in [0.15, 0.2) is 6.10 Å². The van der Waals surface area contributed by atoms with Gasteiger partial charge in [-0.15, -0.1) is 0 Å². The van der Waals surface area contributed by atoms with Crippen molar-refractivity contribution < 1.29 is 28.6 Å². The molecule has 0 fully saturated rings. The van der Waals surface area contributed by atoms with Crippen LogP contribution in [0.1, 0.15) is 265 Å². The number of unbranched alkanes of at least 4 members (excludes halogenated alkanes) is 19. The second-order valence-corrected chi connectivity index (χ2v) is 20.9. The van der Waals surface area contributed by atoms with Gasteiger partial charge in [0.2, 0.25) is 0 Å². The highest BCUT2D eigenvalue weighted by molar-refractivity contribution is 5.72. The largest absolute Gasteiger partial charge is 0.462 e. The van der Waals surface area contributed by atoms with Crippen molar-refractivity contribution in [2.75, 3.05) is 13.2 Å². The van der Waals surface area contributed by atoms with E-state index in [4.69, 9.17) is 14.2 Å². The Morgan fingerprint density at radius 3 is 0.802 bits per heavy atom. The lowest BCUT2D eigenvalue weighted by Crippen LogP contribution is -2.30. The predicted molar refractivity (Wildman–Crippen MR) is 352 cm³/mol. The molecule has 0 aromatic heterocycles. The first-order valence-corrected chi connectivity index (χ1v) is 32.6. The Morgan fingerprint density at radius 2 is 0.494 bits per heavy atom. The van der Waals surface area contributed by atoms with E-state index < -0.39 is 12.1 Å². The molecule has 0 spiro atoms. The maximum absolute atomic E-state index is 12.9. The lowest BCUT2D eigenvalue weighted by atomic mass is 10.0. The molecular formula is C75H118O6. The van der Waals surface area contributed by atoms with Crippen LogP contribution in [0.2, 0.25) is 0 Å². The standard InChI is InChI=1S/C75H118O6/c1-4-7-10-13-16-19-22-25-28-30-32-33-34-35-36-37-38-39-40-41-43-44-47-50-53-56-59-62-65-68-74(77)80-71-72(70-79-73(76)67-64-61-58-55-52-49-46-27-24-21-18-15-12-9-6-3)81-75(78)69-66-63-60-57-54-51-48-45-42-31-29-26-23-20-17-14-11-8-5-2/h7-12,16-21,25-29,32-33,35-36,42,45-46,52,55,61,64,72H,4-6,13-15,22-24,30-31,34,37-41,43-44,47-51,53-54,56-60,62-63,65-71H2,1-3H3/b10-7-,11-8-,12-9-,19-16-,20-17-,21-18-,28-25-,29-26-,33-32-,36-35-,45-42-,46-27-,55-52-,64-61-. The Labute approximate surface area is 498 Å². The highest BCUT2D eigenvalue weighted by Crippen LogP contribution is 2.15. The third-order valence-corrected chi connectivity index (χ3v) is 13.2. The Bertz CT molecular complexity index is 1860. The van der Waals surface area contributed by atoms with Crippen LogP contribution in [0.25, 0.3) is 0 Å². The maximum atomic E-state index is 12.9. The fourth-order valence-corrected chi connectivity index (χ4v) is 8.48. The zero-order valence-corrected chi connectivity index (χ0v) is 52.0. The van der Waals surface area contributed by atoms with Crippen LogP contribution in [-0.4, -0.2) is 37.2 Å². The van der Waals surface area contributed by atoms with Gasteiger partial charge in [0, 0.05) is 12.8 Å². The Morgan fingerprint density at radius 1 is 0.259 bits per heavy atom. The van der Waals surface area contributed by atoms with Crippen molar-refractivity contribution in [1.82, 2.24) is 0 Å². The molecule has 0 saturated heterocycles. The summed E-state index contributed by atoms with van der Waals surface area (Å²) in [5.74, 6) is -1.07. The fourth-order valence-electron chi connectivity index (χ4n) is 8.48. The normalized spacial score (nSPS) is 13.3. The number of esters is 3. The second kappa shape index (κ2) is 67.3. The van der Waals surface area contributed by atoms with E-state index in [9.17, 15) is 14.4 Å². The van der Waals surface area contributed by atoms with Gasteiger partial charge >= 0.3 is 17.9 Å². The molecule has 0 amide bonds. The molecule has 6 nitrogen and oxygen atoms in total. The number of hydrogen-bond acceptors (Lipinski definition) is 6. The minimum absolute atomic E-state index is 0.116. The minimum atomic E-state index is -0.836. The van der Waals surface area contributed by atoms with Crippen LogP contribution in [0.15, 0.2) is 170 Å². The van der Waals surface area contributed by atoms with Crippen molar-refractivity contribution in [3.8, 4) is 0 Å². The number of carbonyl (C=O) groups excluding carboxylic acids is 3. The molecule has 0 aromatic carbocycles. The van der Waals surface area contributed by atoms with Crippen LogP contribution in [-0.2, 0) is 28.6 Å². The monoisotopic (exact) mass is 1110 g/mol. The molecular weight excluding hydrogens is 997 g/mol. The predicted octanol–water partition coefficient (Wildman–Crippen LogP) is 22.7. The lowest BCUT2D eigenvalue weighted by molar-refractivity contribution is -0.166. The van der Waals surface area contributed by atoms with Gasteiger partial charge in [-0.1, -0.05) is 287 Å². The van der Waals surface area contributed by atoms with E-state index in [1.807, 2.05) is 6.08 Å². The molecule has 6 heteroatoms. The summed E-state index contributed by atoms with van der Waals surface area (Å²) in [4.78, 5) is 38.3. The van der Waals surface area contributed by atoms with E-state index in [0.29, 0.717) is 6.42 Å². The molecule has 81 heavy (non-hydrogen) atoms. The number of allylic oxidation sites excluding steroid dienone is 27. The molecule has 0 aliphatic carbocycles. The van der Waals surface area contributed by atoms with Crippen LogP contribution >= 0.6 is 0 Å². The quantitative estimate of drug-likeness (QED) is 0.0261. The second-order valence-electron chi connectivity index (χ2n) is 20.9. The van der Waals surface area contributed by atoms with Crippen molar-refractivity contribution in [1.29, 1.82) is 0 Å². The van der Waals surface area contributed by atoms with E-state index in [0.717, 1.165) is 141 Å². The van der Waals surface area contributed by atoms with Gasteiger partial charge in [-0.05, 0) is 128 Å². The smallest absolute Gasteiger partial charge is 0.309 e. The van der Waals surface area contributed by atoms with Crippen molar-refractivity contribution >= 4 is 17.9 Å². The van der Waals surface area contributed by atoms with E-state index in [-0.39, 0.29) is 38.0 Å². The van der Waals surface area contributed by atoms with Crippen molar-refractivity contribution in [2.45, 2.75) is 271 Å². The van der Waals surface area contributed by atoms with E-state index in [1.165, 1.54) is 83.5 Å². The highest BCUT2D eigenvalue weighted by atomic mass is 16.6. The lowest BCUT2D eigenvalue weighted by Gasteiger charge is -2.18. The molecule has 0 saturated carbocycles. The molecule has 1 unspecified atom stereocenters. The van der Waals surface area contributed by atoms with Crippen LogP contribution in [0.5, 0.6) is 0 Å². The molecule has 0 N–H and O–H groups in total. The molecule has 0 aliphatic rings. The summed E-state index contributed by atoms with van der Waals surface area (Å²) < 4.78 is 16.8.